The highest BCUT2D eigenvalue weighted by Crippen LogP contribution is 2.66. The molecule has 3 heteroatoms. The van der Waals surface area contributed by atoms with E-state index in [4.69, 9.17) is 0 Å². The monoisotopic (exact) mass is 330 g/mol. The maximum Gasteiger partial charge on any atom is 0.155 e. The minimum absolute atomic E-state index is 0.0333. The van der Waals surface area contributed by atoms with E-state index < -0.39 is 6.10 Å². The van der Waals surface area contributed by atoms with Crippen molar-refractivity contribution in [3.8, 4) is 0 Å². The Labute approximate surface area is 144 Å². The summed E-state index contributed by atoms with van der Waals surface area (Å²) in [5.74, 6) is 1.95. The normalized spacial score (nSPS) is 50.6. The van der Waals surface area contributed by atoms with Crippen molar-refractivity contribution in [2.45, 2.75) is 71.8 Å². The first-order chi connectivity index (χ1) is 11.3. The summed E-state index contributed by atoms with van der Waals surface area (Å²) in [6.45, 7) is 6.29. The SMILES string of the molecule is CC(=O)C1[C@H](O)CC2C3CCC4=CC(=O)CCC4(C)C3CCC21C. The second-order valence-electron chi connectivity index (χ2n) is 9.40. The van der Waals surface area contributed by atoms with Crippen molar-refractivity contribution < 1.29 is 14.7 Å². The van der Waals surface area contributed by atoms with E-state index in [1.165, 1.54) is 5.57 Å². The van der Waals surface area contributed by atoms with E-state index in [2.05, 4.69) is 13.8 Å². The van der Waals surface area contributed by atoms with E-state index in [1.54, 1.807) is 6.92 Å². The molecule has 0 radical (unpaired) electrons. The number of rotatable bonds is 1. The van der Waals surface area contributed by atoms with Crippen molar-refractivity contribution in [1.29, 1.82) is 0 Å². The molecule has 4 rings (SSSR count). The van der Waals surface area contributed by atoms with Crippen LogP contribution in [0.15, 0.2) is 11.6 Å². The zero-order chi connectivity index (χ0) is 17.3. The van der Waals surface area contributed by atoms with Crippen molar-refractivity contribution in [3.05, 3.63) is 11.6 Å². The van der Waals surface area contributed by atoms with Gasteiger partial charge in [0.1, 0.15) is 5.78 Å². The number of hydrogen-bond acceptors (Lipinski definition) is 3. The van der Waals surface area contributed by atoms with Crippen molar-refractivity contribution in [3.63, 3.8) is 0 Å². The van der Waals surface area contributed by atoms with Gasteiger partial charge >= 0.3 is 0 Å². The molecule has 3 saturated carbocycles. The smallest absolute Gasteiger partial charge is 0.155 e. The number of carbonyl (C=O) groups excluding carboxylic acids is 2. The largest absolute Gasteiger partial charge is 0.392 e. The fourth-order valence-electron chi connectivity index (χ4n) is 7.31. The van der Waals surface area contributed by atoms with Gasteiger partial charge in [-0.1, -0.05) is 19.4 Å². The summed E-state index contributed by atoms with van der Waals surface area (Å²) in [5, 5.41) is 10.6. The third kappa shape index (κ3) is 2.06. The topological polar surface area (TPSA) is 54.4 Å². The fraction of sp³-hybridized carbons (Fsp3) is 0.810. The number of fused-ring (bicyclic) bond motifs is 5. The van der Waals surface area contributed by atoms with Crippen LogP contribution in [0.25, 0.3) is 0 Å². The Kier molecular flexibility index (Phi) is 3.62. The van der Waals surface area contributed by atoms with Crippen LogP contribution in [0.3, 0.4) is 0 Å². The maximum atomic E-state index is 12.2. The molecule has 24 heavy (non-hydrogen) atoms. The Hall–Kier alpha value is -0.960. The second kappa shape index (κ2) is 5.27. The lowest BCUT2D eigenvalue weighted by molar-refractivity contribution is -0.131. The van der Waals surface area contributed by atoms with Crippen LogP contribution in [0.2, 0.25) is 0 Å². The molecule has 0 aromatic heterocycles. The summed E-state index contributed by atoms with van der Waals surface area (Å²) < 4.78 is 0. The van der Waals surface area contributed by atoms with Gasteiger partial charge in [0.2, 0.25) is 0 Å². The Balaban J connectivity index is 1.69. The number of Topliss-reactive ketones (excluding diaryl/α,β-unsaturated/α-hetero) is 1. The average Bonchev–Trinajstić information content (AvgIpc) is 2.78. The van der Waals surface area contributed by atoms with E-state index >= 15 is 0 Å². The van der Waals surface area contributed by atoms with Crippen molar-refractivity contribution in [2.24, 2.45) is 34.5 Å². The fourth-order valence-corrected chi connectivity index (χ4v) is 7.31. The molecule has 0 saturated heterocycles. The van der Waals surface area contributed by atoms with Crippen LogP contribution in [-0.2, 0) is 9.59 Å². The number of aliphatic hydroxyl groups is 1. The highest BCUT2D eigenvalue weighted by molar-refractivity contribution is 5.91. The summed E-state index contributed by atoms with van der Waals surface area (Å²) in [4.78, 5) is 24.1. The third-order valence-corrected chi connectivity index (χ3v) is 8.43. The molecule has 4 aliphatic rings. The maximum absolute atomic E-state index is 12.2. The first kappa shape index (κ1) is 16.5. The molecule has 0 aromatic carbocycles. The molecule has 1 N–H and O–H groups in total. The standard InChI is InChI=1S/C21H30O3/c1-12(22)19-18(24)11-17-15-5-4-13-10-14(23)6-8-20(13,2)16(15)7-9-21(17,19)3/h10,15-19,24H,4-9,11H2,1-3H3/t15?,16?,17?,18-,19?,20?,21?/m1/s1. The number of carbonyl (C=O) groups is 2. The molecule has 3 fully saturated rings. The van der Waals surface area contributed by atoms with Gasteiger partial charge in [0, 0.05) is 12.3 Å². The van der Waals surface area contributed by atoms with Crippen LogP contribution in [0.1, 0.15) is 65.7 Å². The average molecular weight is 330 g/mol. The van der Waals surface area contributed by atoms with Crippen LogP contribution in [0.4, 0.5) is 0 Å². The van der Waals surface area contributed by atoms with Crippen molar-refractivity contribution >= 4 is 11.6 Å². The lowest BCUT2D eigenvalue weighted by Gasteiger charge is -2.57. The van der Waals surface area contributed by atoms with Crippen LogP contribution in [-0.4, -0.2) is 22.8 Å². The van der Waals surface area contributed by atoms with Gasteiger partial charge in [0.25, 0.3) is 0 Å². The molecular weight excluding hydrogens is 300 g/mol. The van der Waals surface area contributed by atoms with E-state index in [9.17, 15) is 14.7 Å². The molecule has 3 nitrogen and oxygen atoms in total. The summed E-state index contributed by atoms with van der Waals surface area (Å²) in [5.41, 5.74) is 1.51. The molecule has 0 aromatic rings. The molecule has 0 bridgehead atoms. The molecule has 0 aliphatic heterocycles. The van der Waals surface area contributed by atoms with Gasteiger partial charge in [-0.15, -0.1) is 0 Å². The van der Waals surface area contributed by atoms with Gasteiger partial charge in [-0.3, -0.25) is 9.59 Å². The number of ketones is 2. The van der Waals surface area contributed by atoms with E-state index in [0.29, 0.717) is 30.0 Å². The third-order valence-electron chi connectivity index (χ3n) is 8.43. The Morgan fingerprint density at radius 2 is 1.92 bits per heavy atom. The highest BCUT2D eigenvalue weighted by Gasteiger charge is 2.62. The molecule has 0 heterocycles. The minimum Gasteiger partial charge on any atom is -0.392 e. The van der Waals surface area contributed by atoms with Crippen LogP contribution < -0.4 is 0 Å². The number of allylic oxidation sites excluding steroid dienone is 1. The number of aliphatic hydroxyl groups excluding tert-OH is 1. The highest BCUT2D eigenvalue weighted by atomic mass is 16.3. The van der Waals surface area contributed by atoms with Gasteiger partial charge in [0.15, 0.2) is 5.78 Å². The lowest BCUT2D eigenvalue weighted by atomic mass is 9.46. The zero-order valence-corrected chi connectivity index (χ0v) is 15.2. The zero-order valence-electron chi connectivity index (χ0n) is 15.2. The first-order valence-corrected chi connectivity index (χ1v) is 9.70. The molecule has 132 valence electrons. The Morgan fingerprint density at radius 3 is 2.62 bits per heavy atom. The predicted molar refractivity (Wildman–Crippen MR) is 92.3 cm³/mol. The minimum atomic E-state index is -0.464. The van der Waals surface area contributed by atoms with E-state index in [0.717, 1.165) is 38.5 Å². The van der Waals surface area contributed by atoms with Gasteiger partial charge in [-0.2, -0.15) is 0 Å². The second-order valence-corrected chi connectivity index (χ2v) is 9.40. The van der Waals surface area contributed by atoms with Crippen LogP contribution >= 0.6 is 0 Å². The van der Waals surface area contributed by atoms with Crippen LogP contribution in [0.5, 0.6) is 0 Å². The van der Waals surface area contributed by atoms with E-state index in [-0.39, 0.29) is 22.5 Å². The summed E-state index contributed by atoms with van der Waals surface area (Å²) in [6.07, 6.45) is 8.26. The molecule has 4 aliphatic carbocycles. The first-order valence-electron chi connectivity index (χ1n) is 9.70. The van der Waals surface area contributed by atoms with E-state index in [1.807, 2.05) is 6.08 Å². The number of hydrogen-bond donors (Lipinski definition) is 1. The Morgan fingerprint density at radius 1 is 1.17 bits per heavy atom. The molecular formula is C21H30O3. The molecule has 7 atom stereocenters. The quantitative estimate of drug-likeness (QED) is 0.797. The summed E-state index contributed by atoms with van der Waals surface area (Å²) in [6, 6.07) is 0. The predicted octanol–water partition coefficient (Wildman–Crippen LogP) is 3.69. The molecule has 0 spiro atoms. The van der Waals surface area contributed by atoms with Gasteiger partial charge < -0.3 is 5.11 Å². The summed E-state index contributed by atoms with van der Waals surface area (Å²) in [7, 11) is 0. The van der Waals surface area contributed by atoms with Crippen molar-refractivity contribution in [2.75, 3.05) is 0 Å². The van der Waals surface area contributed by atoms with Gasteiger partial charge in [-0.05, 0) is 80.1 Å². The van der Waals surface area contributed by atoms with Gasteiger partial charge in [-0.25, -0.2) is 0 Å². The molecule has 0 amide bonds. The lowest BCUT2D eigenvalue weighted by Crippen LogP contribution is -2.51. The van der Waals surface area contributed by atoms with Crippen LogP contribution in [0, 0.1) is 34.5 Å². The van der Waals surface area contributed by atoms with Crippen molar-refractivity contribution in [1.82, 2.24) is 0 Å². The van der Waals surface area contributed by atoms with Gasteiger partial charge in [0.05, 0.1) is 6.10 Å². The Bertz CT molecular complexity index is 621. The molecule has 6 unspecified atom stereocenters. The summed E-state index contributed by atoms with van der Waals surface area (Å²) >= 11 is 0.